The van der Waals surface area contributed by atoms with Crippen molar-refractivity contribution in [2.24, 2.45) is 0 Å². The molecule has 0 radical (unpaired) electrons. The van der Waals surface area contributed by atoms with Crippen molar-refractivity contribution in [3.63, 3.8) is 0 Å². The molecule has 0 bridgehead atoms. The van der Waals surface area contributed by atoms with Crippen LogP contribution in [0, 0.1) is 0 Å². The van der Waals surface area contributed by atoms with Crippen LogP contribution in [0.5, 0.6) is 0 Å². The van der Waals surface area contributed by atoms with Crippen molar-refractivity contribution < 1.29 is 18.0 Å². The average molecular weight is 455 g/mol. The number of anilines is 2. The van der Waals surface area contributed by atoms with E-state index in [2.05, 4.69) is 15.7 Å². The molecule has 1 aromatic carbocycles. The molecule has 10 heteroatoms. The van der Waals surface area contributed by atoms with Gasteiger partial charge in [-0.15, -0.1) is 11.3 Å². The highest BCUT2D eigenvalue weighted by molar-refractivity contribution is 7.10. The van der Waals surface area contributed by atoms with E-state index in [-0.39, 0.29) is 23.0 Å². The molecule has 3 heterocycles. The van der Waals surface area contributed by atoms with Crippen molar-refractivity contribution in [2.75, 3.05) is 10.6 Å². The SMILES string of the molecule is CCc1ccc(NC(=O)c2nn3c(c2Cl)N[C@@H](c2cccs2)C[C@@H]3C(F)(F)F)cc1. The summed E-state index contributed by atoms with van der Waals surface area (Å²) in [5.41, 5.74) is 1.36. The van der Waals surface area contributed by atoms with Crippen molar-refractivity contribution in [3.8, 4) is 0 Å². The Morgan fingerprint density at radius 3 is 2.67 bits per heavy atom. The molecule has 0 aliphatic carbocycles. The van der Waals surface area contributed by atoms with Crippen LogP contribution in [-0.4, -0.2) is 21.9 Å². The van der Waals surface area contributed by atoms with Crippen molar-refractivity contribution in [1.29, 1.82) is 0 Å². The molecule has 2 N–H and O–H groups in total. The zero-order chi connectivity index (χ0) is 21.5. The van der Waals surface area contributed by atoms with Crippen LogP contribution in [-0.2, 0) is 6.42 Å². The first-order chi connectivity index (χ1) is 14.3. The molecule has 1 aliphatic heterocycles. The third-order valence-electron chi connectivity index (χ3n) is 5.02. The molecule has 0 saturated heterocycles. The lowest BCUT2D eigenvalue weighted by molar-refractivity contribution is -0.173. The van der Waals surface area contributed by atoms with Gasteiger partial charge in [0.25, 0.3) is 5.91 Å². The van der Waals surface area contributed by atoms with Crippen LogP contribution < -0.4 is 10.6 Å². The lowest BCUT2D eigenvalue weighted by Gasteiger charge is -2.32. The summed E-state index contributed by atoms with van der Waals surface area (Å²) in [7, 11) is 0. The predicted molar refractivity (Wildman–Crippen MR) is 111 cm³/mol. The van der Waals surface area contributed by atoms with Crippen LogP contribution in [0.25, 0.3) is 0 Å². The van der Waals surface area contributed by atoms with Gasteiger partial charge in [0.05, 0.1) is 6.04 Å². The summed E-state index contributed by atoms with van der Waals surface area (Å²) in [6, 6.07) is 8.27. The Hall–Kier alpha value is -2.52. The molecule has 3 aromatic rings. The lowest BCUT2D eigenvalue weighted by Crippen LogP contribution is -2.35. The fraction of sp³-hybridized carbons (Fsp3) is 0.300. The minimum absolute atomic E-state index is 0.00452. The number of hydrogen-bond donors (Lipinski definition) is 2. The molecule has 2 atom stereocenters. The van der Waals surface area contributed by atoms with Crippen molar-refractivity contribution >= 4 is 40.4 Å². The average Bonchev–Trinajstić information content (AvgIpc) is 3.36. The molecule has 1 aliphatic rings. The van der Waals surface area contributed by atoms with E-state index in [1.807, 2.05) is 19.1 Å². The Bertz CT molecular complexity index is 1050. The molecule has 30 heavy (non-hydrogen) atoms. The van der Waals surface area contributed by atoms with Gasteiger partial charge in [-0.25, -0.2) is 4.68 Å². The molecule has 0 unspecified atom stereocenters. The van der Waals surface area contributed by atoms with Crippen molar-refractivity contribution in [3.05, 3.63) is 62.9 Å². The van der Waals surface area contributed by atoms with E-state index < -0.39 is 24.2 Å². The first-order valence-corrected chi connectivity index (χ1v) is 10.6. The number of alkyl halides is 3. The van der Waals surface area contributed by atoms with E-state index in [4.69, 9.17) is 11.6 Å². The van der Waals surface area contributed by atoms with Crippen LogP contribution in [0.3, 0.4) is 0 Å². The third kappa shape index (κ3) is 3.91. The number of thiophene rings is 1. The standard InChI is InChI=1S/C20H18ClF3N4OS/c1-2-11-5-7-12(8-6-11)25-19(29)17-16(21)18-26-13(14-4-3-9-30-14)10-15(20(22,23)24)28(18)27-17/h3-9,13,15,26H,2,10H2,1H3,(H,25,29)/t13-,15-/m1/s1. The minimum atomic E-state index is -4.54. The predicted octanol–water partition coefficient (Wildman–Crippen LogP) is 6.07. The Morgan fingerprint density at radius 1 is 1.33 bits per heavy atom. The van der Waals surface area contributed by atoms with Crippen LogP contribution in [0.15, 0.2) is 41.8 Å². The van der Waals surface area contributed by atoms with Crippen LogP contribution in [0.4, 0.5) is 24.7 Å². The van der Waals surface area contributed by atoms with Crippen LogP contribution >= 0.6 is 22.9 Å². The number of carbonyl (C=O) groups excluding carboxylic acids is 1. The van der Waals surface area contributed by atoms with Gasteiger partial charge < -0.3 is 10.6 Å². The highest BCUT2D eigenvalue weighted by Gasteiger charge is 2.48. The first-order valence-electron chi connectivity index (χ1n) is 9.33. The van der Waals surface area contributed by atoms with Crippen LogP contribution in [0.1, 0.15) is 46.4 Å². The number of aromatic nitrogens is 2. The number of benzene rings is 1. The third-order valence-corrected chi connectivity index (χ3v) is 6.36. The fourth-order valence-corrected chi connectivity index (χ4v) is 4.48. The van der Waals surface area contributed by atoms with E-state index in [0.29, 0.717) is 5.69 Å². The number of nitrogens with zero attached hydrogens (tertiary/aromatic N) is 2. The number of aryl methyl sites for hydroxylation is 1. The Labute approximate surface area is 179 Å². The van der Waals surface area contributed by atoms with Gasteiger partial charge in [0.1, 0.15) is 10.8 Å². The zero-order valence-electron chi connectivity index (χ0n) is 15.8. The number of halogens is 4. The highest BCUT2D eigenvalue weighted by Crippen LogP contribution is 2.46. The van der Waals surface area contributed by atoms with Gasteiger partial charge in [0, 0.05) is 17.0 Å². The van der Waals surface area contributed by atoms with Gasteiger partial charge in [-0.2, -0.15) is 18.3 Å². The second-order valence-electron chi connectivity index (χ2n) is 6.97. The molecule has 0 spiro atoms. The highest BCUT2D eigenvalue weighted by atomic mass is 35.5. The second kappa shape index (κ2) is 7.96. The molecular formula is C20H18ClF3N4OS. The quantitative estimate of drug-likeness (QED) is 0.502. The van der Waals surface area contributed by atoms with Gasteiger partial charge >= 0.3 is 6.18 Å². The maximum atomic E-state index is 13.8. The summed E-state index contributed by atoms with van der Waals surface area (Å²) in [6.45, 7) is 2.01. The van der Waals surface area contributed by atoms with Gasteiger partial charge in [-0.1, -0.05) is 36.7 Å². The summed E-state index contributed by atoms with van der Waals surface area (Å²) >= 11 is 7.68. The number of amides is 1. The molecule has 1 amide bonds. The molecule has 4 rings (SSSR count). The smallest absolute Gasteiger partial charge is 0.361 e. The largest absolute Gasteiger partial charge is 0.410 e. The zero-order valence-corrected chi connectivity index (χ0v) is 17.4. The fourth-order valence-electron chi connectivity index (χ4n) is 3.42. The van der Waals surface area contributed by atoms with Gasteiger partial charge in [0.15, 0.2) is 11.7 Å². The lowest BCUT2D eigenvalue weighted by atomic mass is 10.0. The molecular weight excluding hydrogens is 437 g/mol. The maximum Gasteiger partial charge on any atom is 0.410 e. The summed E-state index contributed by atoms with van der Waals surface area (Å²) < 4.78 is 42.1. The normalized spacial score (nSPS) is 18.6. The van der Waals surface area contributed by atoms with Crippen molar-refractivity contribution in [2.45, 2.75) is 38.0 Å². The first kappa shape index (κ1) is 20.7. The number of hydrogen-bond acceptors (Lipinski definition) is 4. The number of fused-ring (bicyclic) bond motifs is 1. The van der Waals surface area contributed by atoms with Crippen LogP contribution in [0.2, 0.25) is 5.02 Å². The van der Waals surface area contributed by atoms with Gasteiger partial charge in [-0.3, -0.25) is 4.79 Å². The molecule has 5 nitrogen and oxygen atoms in total. The number of rotatable bonds is 4. The summed E-state index contributed by atoms with van der Waals surface area (Å²) in [6.07, 6.45) is -3.93. The Morgan fingerprint density at radius 2 is 2.07 bits per heavy atom. The molecule has 2 aromatic heterocycles. The Balaban J connectivity index is 1.66. The van der Waals surface area contributed by atoms with Gasteiger partial charge in [-0.05, 0) is 35.6 Å². The summed E-state index contributed by atoms with van der Waals surface area (Å²) in [4.78, 5) is 13.5. The summed E-state index contributed by atoms with van der Waals surface area (Å²) in [5, 5.41) is 11.3. The summed E-state index contributed by atoms with van der Waals surface area (Å²) in [5.74, 6) is -0.670. The van der Waals surface area contributed by atoms with Crippen molar-refractivity contribution in [1.82, 2.24) is 9.78 Å². The van der Waals surface area contributed by atoms with E-state index in [1.165, 1.54) is 11.3 Å². The Kier molecular flexibility index (Phi) is 5.50. The number of nitrogens with one attached hydrogen (secondary N) is 2. The molecule has 0 fully saturated rings. The van der Waals surface area contributed by atoms with E-state index in [9.17, 15) is 18.0 Å². The van der Waals surface area contributed by atoms with E-state index in [1.54, 1.807) is 29.6 Å². The minimum Gasteiger partial charge on any atom is -0.361 e. The molecule has 158 valence electrons. The second-order valence-corrected chi connectivity index (χ2v) is 8.32. The monoisotopic (exact) mass is 454 g/mol. The molecule has 0 saturated carbocycles. The number of carbonyl (C=O) groups is 1. The maximum absolute atomic E-state index is 13.8. The van der Waals surface area contributed by atoms with Gasteiger partial charge in [0.2, 0.25) is 0 Å². The van der Waals surface area contributed by atoms with E-state index >= 15 is 0 Å². The topological polar surface area (TPSA) is 59.0 Å². The van der Waals surface area contributed by atoms with E-state index in [0.717, 1.165) is 21.5 Å².